The van der Waals surface area contributed by atoms with Gasteiger partial charge in [0.05, 0.1) is 5.69 Å². The number of hydrogen-bond acceptors (Lipinski definition) is 3. The predicted molar refractivity (Wildman–Crippen MR) is 81.7 cm³/mol. The van der Waals surface area contributed by atoms with Crippen molar-refractivity contribution in [3.8, 4) is 5.75 Å². The molecule has 106 valence electrons. The van der Waals surface area contributed by atoms with Crippen LogP contribution in [0.25, 0.3) is 0 Å². The van der Waals surface area contributed by atoms with Crippen LogP contribution in [-0.2, 0) is 13.0 Å². The van der Waals surface area contributed by atoms with E-state index in [9.17, 15) is 0 Å². The summed E-state index contributed by atoms with van der Waals surface area (Å²) in [5.41, 5.74) is 9.15. The van der Waals surface area contributed by atoms with Gasteiger partial charge in [0.25, 0.3) is 0 Å². The maximum atomic E-state index is 6.03. The van der Waals surface area contributed by atoms with Crippen LogP contribution in [0, 0.1) is 6.92 Å². The third-order valence-electron chi connectivity index (χ3n) is 3.30. The van der Waals surface area contributed by atoms with Crippen LogP contribution in [0.1, 0.15) is 30.3 Å². The summed E-state index contributed by atoms with van der Waals surface area (Å²) >= 11 is 0. The summed E-state index contributed by atoms with van der Waals surface area (Å²) in [5, 5.41) is 0. The maximum Gasteiger partial charge on any atom is 0.130 e. The zero-order valence-corrected chi connectivity index (χ0v) is 12.2. The first-order valence-corrected chi connectivity index (χ1v) is 7.08. The number of nitrogens with zero attached hydrogens (tertiary/aromatic N) is 1. The summed E-state index contributed by atoms with van der Waals surface area (Å²) in [5.74, 6) is 0.903. The molecule has 20 heavy (non-hydrogen) atoms. The van der Waals surface area contributed by atoms with Gasteiger partial charge < -0.3 is 10.5 Å². The Hall–Kier alpha value is -1.87. The number of ether oxygens (including phenoxy) is 1. The molecule has 0 aliphatic rings. The van der Waals surface area contributed by atoms with Gasteiger partial charge in [-0.05, 0) is 43.5 Å². The van der Waals surface area contributed by atoms with Gasteiger partial charge in [-0.15, -0.1) is 0 Å². The first-order chi connectivity index (χ1) is 9.69. The lowest BCUT2D eigenvalue weighted by molar-refractivity contribution is 0.297. The highest BCUT2D eigenvalue weighted by atomic mass is 16.5. The molecule has 2 aromatic rings. The van der Waals surface area contributed by atoms with Crippen molar-refractivity contribution in [3.63, 3.8) is 0 Å². The van der Waals surface area contributed by atoms with E-state index in [0.29, 0.717) is 6.61 Å². The van der Waals surface area contributed by atoms with Gasteiger partial charge in [-0.2, -0.15) is 0 Å². The molecule has 0 saturated heterocycles. The van der Waals surface area contributed by atoms with Crippen molar-refractivity contribution in [2.45, 2.75) is 39.3 Å². The average Bonchev–Trinajstić information content (AvgIpc) is 2.46. The second-order valence-corrected chi connectivity index (χ2v) is 5.04. The highest BCUT2D eigenvalue weighted by Gasteiger charge is 2.07. The van der Waals surface area contributed by atoms with Crippen LogP contribution in [-0.4, -0.2) is 11.0 Å². The molecule has 3 nitrogen and oxygen atoms in total. The molecule has 1 aromatic heterocycles. The number of nitrogens with two attached hydrogens (primary N) is 1. The minimum atomic E-state index is 0.178. The quantitative estimate of drug-likeness (QED) is 0.876. The lowest BCUT2D eigenvalue weighted by Gasteiger charge is -2.14. The van der Waals surface area contributed by atoms with E-state index in [0.717, 1.165) is 35.5 Å². The van der Waals surface area contributed by atoms with Crippen molar-refractivity contribution < 1.29 is 4.74 Å². The Morgan fingerprint density at radius 2 is 1.95 bits per heavy atom. The van der Waals surface area contributed by atoms with Gasteiger partial charge in [0.1, 0.15) is 12.4 Å². The minimum absolute atomic E-state index is 0.178. The zero-order valence-electron chi connectivity index (χ0n) is 12.2. The number of benzene rings is 1. The van der Waals surface area contributed by atoms with Gasteiger partial charge in [-0.25, -0.2) is 0 Å². The number of pyridine rings is 1. The average molecular weight is 270 g/mol. The monoisotopic (exact) mass is 270 g/mol. The molecular weight excluding hydrogens is 248 g/mol. The highest BCUT2D eigenvalue weighted by molar-refractivity contribution is 5.34. The van der Waals surface area contributed by atoms with Crippen LogP contribution in [0.2, 0.25) is 0 Å². The molecular formula is C17H22N2O. The molecule has 0 spiro atoms. The molecule has 0 aliphatic carbocycles. The first kappa shape index (κ1) is 14.5. The van der Waals surface area contributed by atoms with Gasteiger partial charge in [-0.3, -0.25) is 4.98 Å². The molecule has 1 unspecified atom stereocenters. The minimum Gasteiger partial charge on any atom is -0.487 e. The largest absolute Gasteiger partial charge is 0.487 e. The molecule has 0 fully saturated rings. The molecule has 2 rings (SSSR count). The van der Waals surface area contributed by atoms with Gasteiger partial charge in [0, 0.05) is 11.7 Å². The Bertz CT molecular complexity index is 554. The summed E-state index contributed by atoms with van der Waals surface area (Å²) in [7, 11) is 0. The molecule has 3 heteroatoms. The van der Waals surface area contributed by atoms with Crippen LogP contribution >= 0.6 is 0 Å². The van der Waals surface area contributed by atoms with Gasteiger partial charge >= 0.3 is 0 Å². The Kier molecular flexibility index (Phi) is 5.13. The summed E-state index contributed by atoms with van der Waals surface area (Å²) in [6.45, 7) is 4.57. The second-order valence-electron chi connectivity index (χ2n) is 5.04. The molecule has 0 radical (unpaired) electrons. The van der Waals surface area contributed by atoms with E-state index in [1.54, 1.807) is 0 Å². The van der Waals surface area contributed by atoms with Crippen LogP contribution < -0.4 is 10.5 Å². The summed E-state index contributed by atoms with van der Waals surface area (Å²) in [6.07, 6.45) is 1.81. The van der Waals surface area contributed by atoms with Crippen molar-refractivity contribution in [3.05, 3.63) is 59.4 Å². The Morgan fingerprint density at radius 3 is 2.70 bits per heavy atom. The van der Waals surface area contributed by atoms with E-state index in [2.05, 4.69) is 18.0 Å². The predicted octanol–water partition coefficient (Wildman–Crippen LogP) is 3.25. The smallest absolute Gasteiger partial charge is 0.130 e. The number of rotatable bonds is 6. The van der Waals surface area contributed by atoms with E-state index in [1.807, 2.05) is 43.3 Å². The van der Waals surface area contributed by atoms with Crippen LogP contribution in [0.3, 0.4) is 0 Å². The Balaban J connectivity index is 2.05. The molecule has 1 atom stereocenters. The van der Waals surface area contributed by atoms with Crippen LogP contribution in [0.4, 0.5) is 0 Å². The van der Waals surface area contributed by atoms with E-state index >= 15 is 0 Å². The molecule has 1 aromatic carbocycles. The highest BCUT2D eigenvalue weighted by Crippen LogP contribution is 2.21. The molecule has 0 saturated carbocycles. The first-order valence-electron chi connectivity index (χ1n) is 7.08. The number of hydrogen-bond donors (Lipinski definition) is 1. The van der Waals surface area contributed by atoms with E-state index in [-0.39, 0.29) is 6.04 Å². The standard InChI is InChI=1S/C17H22N2O/c1-3-15(18)11-14-8-4-5-10-17(14)20-12-16-9-6-7-13(2)19-16/h4-10,15H,3,11-12,18H2,1-2H3. The maximum absolute atomic E-state index is 6.03. The van der Waals surface area contributed by atoms with Gasteiger partial charge in [0.15, 0.2) is 0 Å². The second kappa shape index (κ2) is 7.06. The van der Waals surface area contributed by atoms with Crippen molar-refractivity contribution in [2.24, 2.45) is 5.73 Å². The van der Waals surface area contributed by atoms with Gasteiger partial charge in [0.2, 0.25) is 0 Å². The van der Waals surface area contributed by atoms with Crippen molar-refractivity contribution in [1.29, 1.82) is 0 Å². The fourth-order valence-corrected chi connectivity index (χ4v) is 2.07. The molecule has 0 amide bonds. The summed E-state index contributed by atoms with van der Waals surface area (Å²) < 4.78 is 5.91. The lowest BCUT2D eigenvalue weighted by Crippen LogP contribution is -2.21. The zero-order chi connectivity index (χ0) is 14.4. The molecule has 0 bridgehead atoms. The summed E-state index contributed by atoms with van der Waals surface area (Å²) in [6, 6.07) is 14.2. The summed E-state index contributed by atoms with van der Waals surface area (Å²) in [4.78, 5) is 4.45. The van der Waals surface area contributed by atoms with E-state index in [4.69, 9.17) is 10.5 Å². The Morgan fingerprint density at radius 1 is 1.15 bits per heavy atom. The molecule has 2 N–H and O–H groups in total. The third-order valence-corrected chi connectivity index (χ3v) is 3.30. The molecule has 0 aliphatic heterocycles. The normalized spacial score (nSPS) is 12.2. The van der Waals surface area contributed by atoms with Crippen molar-refractivity contribution in [2.75, 3.05) is 0 Å². The Labute approximate surface area is 120 Å². The fourth-order valence-electron chi connectivity index (χ4n) is 2.07. The topological polar surface area (TPSA) is 48.1 Å². The van der Waals surface area contributed by atoms with E-state index in [1.165, 1.54) is 0 Å². The van der Waals surface area contributed by atoms with Crippen LogP contribution in [0.15, 0.2) is 42.5 Å². The van der Waals surface area contributed by atoms with Crippen molar-refractivity contribution >= 4 is 0 Å². The third kappa shape index (κ3) is 4.07. The SMILES string of the molecule is CCC(N)Cc1ccccc1OCc1cccc(C)n1. The van der Waals surface area contributed by atoms with E-state index < -0.39 is 0 Å². The number of para-hydroxylation sites is 1. The van der Waals surface area contributed by atoms with Crippen LogP contribution in [0.5, 0.6) is 5.75 Å². The fraction of sp³-hybridized carbons (Fsp3) is 0.353. The van der Waals surface area contributed by atoms with Crippen molar-refractivity contribution in [1.82, 2.24) is 4.98 Å². The lowest BCUT2D eigenvalue weighted by atomic mass is 10.0. The number of aromatic nitrogens is 1. The number of aryl methyl sites for hydroxylation is 1. The van der Waals surface area contributed by atoms with Gasteiger partial charge in [-0.1, -0.05) is 31.2 Å². The molecule has 1 heterocycles.